The molecule has 0 aromatic carbocycles. The van der Waals surface area contributed by atoms with E-state index in [4.69, 9.17) is 10.2 Å². The van der Waals surface area contributed by atoms with Gasteiger partial charge in [-0.2, -0.15) is 0 Å². The zero-order valence-corrected chi connectivity index (χ0v) is 17.5. The summed E-state index contributed by atoms with van der Waals surface area (Å²) in [5.74, 6) is -2.79. The summed E-state index contributed by atoms with van der Waals surface area (Å²) >= 11 is 0. The van der Waals surface area contributed by atoms with Gasteiger partial charge in [0.05, 0.1) is 0 Å². The number of carboxylic acids is 2. The second-order valence-corrected chi connectivity index (χ2v) is 7.37. The molecular formula is C22H40NNaO5. The zero-order valence-electron chi connectivity index (χ0n) is 17.5. The van der Waals surface area contributed by atoms with Crippen molar-refractivity contribution < 1.29 is 24.6 Å². The number of rotatable bonds is 19. The molecule has 0 aromatic heterocycles. The van der Waals surface area contributed by atoms with Gasteiger partial charge >= 0.3 is 41.5 Å². The Morgan fingerprint density at radius 3 is 1.55 bits per heavy atom. The first-order valence-corrected chi connectivity index (χ1v) is 10.8. The SMILES string of the molecule is CCCCCCCC/C=C\CCCCCCCC(=O)N(CC(=O)O)CC(=O)O.[NaH]. The Balaban J connectivity index is 0. The molecule has 0 aliphatic carbocycles. The summed E-state index contributed by atoms with van der Waals surface area (Å²) in [6, 6.07) is 0. The third-order valence-corrected chi connectivity index (χ3v) is 4.66. The molecule has 0 radical (unpaired) electrons. The van der Waals surface area contributed by atoms with Crippen LogP contribution in [0.25, 0.3) is 0 Å². The van der Waals surface area contributed by atoms with Crippen molar-refractivity contribution >= 4 is 47.4 Å². The summed E-state index contributed by atoms with van der Waals surface area (Å²) in [5, 5.41) is 17.5. The van der Waals surface area contributed by atoms with Gasteiger partial charge in [0, 0.05) is 6.42 Å². The molecule has 0 saturated carbocycles. The van der Waals surface area contributed by atoms with Gasteiger partial charge in [0.25, 0.3) is 0 Å². The Hall–Kier alpha value is -0.850. The van der Waals surface area contributed by atoms with Crippen molar-refractivity contribution in [1.82, 2.24) is 4.90 Å². The Labute approximate surface area is 198 Å². The van der Waals surface area contributed by atoms with E-state index in [9.17, 15) is 14.4 Å². The van der Waals surface area contributed by atoms with E-state index in [1.54, 1.807) is 0 Å². The number of carboxylic acid groups (broad SMARTS) is 2. The summed E-state index contributed by atoms with van der Waals surface area (Å²) < 4.78 is 0. The monoisotopic (exact) mass is 421 g/mol. The van der Waals surface area contributed by atoms with Crippen molar-refractivity contribution in [2.75, 3.05) is 13.1 Å². The fraction of sp³-hybridized carbons (Fsp3) is 0.773. The van der Waals surface area contributed by atoms with Crippen LogP contribution in [0.4, 0.5) is 0 Å². The zero-order chi connectivity index (χ0) is 21.0. The van der Waals surface area contributed by atoms with Gasteiger partial charge in [-0.1, -0.05) is 70.4 Å². The first kappa shape index (κ1) is 30.3. The second kappa shape index (κ2) is 21.8. The molecule has 6 nitrogen and oxygen atoms in total. The fourth-order valence-corrected chi connectivity index (χ4v) is 3.06. The standard InChI is InChI=1S/C22H39NO5.Na.H/c1-2-3-4-5-6-7-8-9-10-11-12-13-14-15-16-17-20(24)23(18-21(25)26)19-22(27)28;;/h9-10H,2-8,11-19H2,1H3,(H,25,26)(H,27,28);;/b10-9-;;. The van der Waals surface area contributed by atoms with Crippen molar-refractivity contribution in [2.24, 2.45) is 0 Å². The van der Waals surface area contributed by atoms with Gasteiger partial charge in [-0.05, 0) is 32.1 Å². The number of carbonyl (C=O) groups is 3. The molecular weight excluding hydrogens is 381 g/mol. The number of aliphatic carboxylic acids is 2. The Morgan fingerprint density at radius 1 is 0.690 bits per heavy atom. The van der Waals surface area contributed by atoms with Crippen LogP contribution in [0.5, 0.6) is 0 Å². The minimum atomic E-state index is -1.20. The molecule has 0 rings (SSSR count). The normalized spacial score (nSPS) is 10.7. The average Bonchev–Trinajstić information content (AvgIpc) is 2.63. The van der Waals surface area contributed by atoms with E-state index in [1.165, 1.54) is 44.9 Å². The van der Waals surface area contributed by atoms with Crippen molar-refractivity contribution in [1.29, 1.82) is 0 Å². The van der Waals surface area contributed by atoms with Crippen molar-refractivity contribution in [3.63, 3.8) is 0 Å². The van der Waals surface area contributed by atoms with Crippen LogP contribution in [-0.4, -0.2) is 75.6 Å². The molecule has 0 fully saturated rings. The first-order valence-electron chi connectivity index (χ1n) is 10.8. The maximum atomic E-state index is 11.9. The van der Waals surface area contributed by atoms with Crippen LogP contribution in [0.2, 0.25) is 0 Å². The van der Waals surface area contributed by atoms with Gasteiger partial charge in [-0.15, -0.1) is 0 Å². The Morgan fingerprint density at radius 2 is 1.10 bits per heavy atom. The van der Waals surface area contributed by atoms with Gasteiger partial charge in [0.1, 0.15) is 13.1 Å². The predicted octanol–water partition coefficient (Wildman–Crippen LogP) is 4.37. The molecule has 0 atom stereocenters. The van der Waals surface area contributed by atoms with Gasteiger partial charge in [-0.3, -0.25) is 14.4 Å². The van der Waals surface area contributed by atoms with Crippen LogP contribution in [-0.2, 0) is 14.4 Å². The van der Waals surface area contributed by atoms with E-state index in [1.807, 2.05) is 0 Å². The van der Waals surface area contributed by atoms with Crippen LogP contribution in [0, 0.1) is 0 Å². The van der Waals surface area contributed by atoms with Crippen LogP contribution in [0.1, 0.15) is 96.8 Å². The molecule has 0 bridgehead atoms. The molecule has 0 saturated heterocycles. The van der Waals surface area contributed by atoms with Crippen LogP contribution < -0.4 is 0 Å². The molecule has 0 unspecified atom stereocenters. The third-order valence-electron chi connectivity index (χ3n) is 4.66. The fourth-order valence-electron chi connectivity index (χ4n) is 3.06. The minimum absolute atomic E-state index is 0. The van der Waals surface area contributed by atoms with Crippen molar-refractivity contribution in [3.05, 3.63) is 12.2 Å². The number of nitrogens with zero attached hydrogens (tertiary/aromatic N) is 1. The topological polar surface area (TPSA) is 94.9 Å². The van der Waals surface area contributed by atoms with E-state index in [0.717, 1.165) is 37.0 Å². The molecule has 0 aromatic rings. The van der Waals surface area contributed by atoms with Crippen LogP contribution in [0.3, 0.4) is 0 Å². The molecule has 1 amide bonds. The van der Waals surface area contributed by atoms with Crippen molar-refractivity contribution in [3.8, 4) is 0 Å². The quantitative estimate of drug-likeness (QED) is 0.183. The van der Waals surface area contributed by atoms with E-state index >= 15 is 0 Å². The van der Waals surface area contributed by atoms with E-state index in [0.29, 0.717) is 6.42 Å². The molecule has 0 aliphatic heterocycles. The molecule has 0 heterocycles. The first-order chi connectivity index (χ1) is 13.5. The second-order valence-electron chi connectivity index (χ2n) is 7.37. The van der Waals surface area contributed by atoms with Crippen molar-refractivity contribution in [2.45, 2.75) is 96.8 Å². The number of amides is 1. The predicted molar refractivity (Wildman–Crippen MR) is 118 cm³/mol. The Bertz CT molecular complexity index is 452. The van der Waals surface area contributed by atoms with E-state index < -0.39 is 30.9 Å². The van der Waals surface area contributed by atoms with Gasteiger partial charge in [0.2, 0.25) is 5.91 Å². The summed E-state index contributed by atoms with van der Waals surface area (Å²) in [4.78, 5) is 34.3. The number of hydrogen-bond donors (Lipinski definition) is 2. The van der Waals surface area contributed by atoms with Gasteiger partial charge in [-0.25, -0.2) is 0 Å². The van der Waals surface area contributed by atoms with Crippen LogP contribution >= 0.6 is 0 Å². The number of unbranched alkanes of at least 4 members (excludes halogenated alkanes) is 11. The third kappa shape index (κ3) is 21.7. The number of carbonyl (C=O) groups excluding carboxylic acids is 1. The molecule has 0 aliphatic rings. The Kier molecular flexibility index (Phi) is 22.9. The van der Waals surface area contributed by atoms with E-state index in [2.05, 4.69) is 19.1 Å². The molecule has 2 N–H and O–H groups in total. The van der Waals surface area contributed by atoms with Gasteiger partial charge in [0.15, 0.2) is 0 Å². The van der Waals surface area contributed by atoms with Crippen LogP contribution in [0.15, 0.2) is 12.2 Å². The number of hydrogen-bond acceptors (Lipinski definition) is 3. The maximum absolute atomic E-state index is 11.9. The average molecular weight is 422 g/mol. The molecule has 0 spiro atoms. The molecule has 29 heavy (non-hydrogen) atoms. The summed E-state index contributed by atoms with van der Waals surface area (Å²) in [5.41, 5.74) is 0. The molecule has 164 valence electrons. The summed E-state index contributed by atoms with van der Waals surface area (Å²) in [7, 11) is 0. The number of allylic oxidation sites excluding steroid dienone is 2. The van der Waals surface area contributed by atoms with E-state index in [-0.39, 0.29) is 36.0 Å². The summed E-state index contributed by atoms with van der Waals surface area (Å²) in [6.07, 6.45) is 19.9. The molecule has 7 heteroatoms. The summed E-state index contributed by atoms with van der Waals surface area (Å²) in [6.45, 7) is 1.12. The van der Waals surface area contributed by atoms with Gasteiger partial charge < -0.3 is 15.1 Å².